The highest BCUT2D eigenvalue weighted by atomic mass is 32.1. The second-order valence-electron chi connectivity index (χ2n) is 4.39. The van der Waals surface area contributed by atoms with E-state index in [1.54, 1.807) is 0 Å². The van der Waals surface area contributed by atoms with Gasteiger partial charge in [-0.25, -0.2) is 4.98 Å². The molecule has 4 nitrogen and oxygen atoms in total. The molecule has 1 unspecified atom stereocenters. The number of aryl methyl sites for hydroxylation is 1. The molecule has 2 heterocycles. The minimum absolute atomic E-state index is 0.130. The van der Waals surface area contributed by atoms with Crippen LogP contribution in [0.1, 0.15) is 53.0 Å². The van der Waals surface area contributed by atoms with Gasteiger partial charge in [0.25, 0.3) is 0 Å². The lowest BCUT2D eigenvalue weighted by Gasteiger charge is -2.22. The second-order valence-corrected chi connectivity index (χ2v) is 5.51. The van der Waals surface area contributed by atoms with E-state index in [1.807, 2.05) is 0 Å². The van der Waals surface area contributed by atoms with Crippen molar-refractivity contribution in [1.29, 1.82) is 0 Å². The molecule has 0 bridgehead atoms. The van der Waals surface area contributed by atoms with Crippen molar-refractivity contribution < 1.29 is 14.3 Å². The van der Waals surface area contributed by atoms with Gasteiger partial charge in [-0.3, -0.25) is 4.79 Å². The van der Waals surface area contributed by atoms with Gasteiger partial charge in [0.05, 0.1) is 22.2 Å². The van der Waals surface area contributed by atoms with Gasteiger partial charge in [-0.15, -0.1) is 11.3 Å². The van der Waals surface area contributed by atoms with Gasteiger partial charge in [-0.2, -0.15) is 0 Å². The first-order chi connectivity index (χ1) is 8.83. The fraction of sp³-hybridized carbons (Fsp3) is 0.692. The van der Waals surface area contributed by atoms with Gasteiger partial charge < -0.3 is 9.47 Å². The molecule has 1 aromatic rings. The molecule has 0 radical (unpaired) electrons. The highest BCUT2D eigenvalue weighted by molar-refractivity contribution is 7.13. The Balaban J connectivity index is 1.92. The zero-order valence-corrected chi connectivity index (χ0v) is 11.5. The number of hydrogen-bond acceptors (Lipinski definition) is 5. The third-order valence-corrected chi connectivity index (χ3v) is 3.97. The third kappa shape index (κ3) is 3.60. The van der Waals surface area contributed by atoms with Gasteiger partial charge in [-0.1, -0.05) is 6.92 Å². The molecule has 0 aliphatic carbocycles. The van der Waals surface area contributed by atoms with E-state index in [0.717, 1.165) is 55.7 Å². The summed E-state index contributed by atoms with van der Waals surface area (Å²) in [7, 11) is 0. The maximum absolute atomic E-state index is 11.0. The topological polar surface area (TPSA) is 48.4 Å². The zero-order chi connectivity index (χ0) is 12.8. The smallest absolute Gasteiger partial charge is 0.162 e. The van der Waals surface area contributed by atoms with Crippen molar-refractivity contribution in [1.82, 2.24) is 4.98 Å². The molecule has 1 atom stereocenters. The fourth-order valence-electron chi connectivity index (χ4n) is 1.95. The Bertz CT molecular complexity index is 386. The highest BCUT2D eigenvalue weighted by Crippen LogP contribution is 2.21. The van der Waals surface area contributed by atoms with Gasteiger partial charge in [0, 0.05) is 6.61 Å². The summed E-state index contributed by atoms with van der Waals surface area (Å²) in [5.74, 6) is 0. The molecule has 0 spiro atoms. The van der Waals surface area contributed by atoms with Crippen molar-refractivity contribution in [2.24, 2.45) is 0 Å². The van der Waals surface area contributed by atoms with E-state index in [0.29, 0.717) is 11.5 Å². The number of aromatic nitrogens is 1. The van der Waals surface area contributed by atoms with Crippen LogP contribution in [0.3, 0.4) is 0 Å². The summed E-state index contributed by atoms with van der Waals surface area (Å²) in [6.07, 6.45) is 5.89. The van der Waals surface area contributed by atoms with E-state index < -0.39 is 0 Å². The Morgan fingerprint density at radius 2 is 2.44 bits per heavy atom. The van der Waals surface area contributed by atoms with Crippen molar-refractivity contribution >= 4 is 17.6 Å². The van der Waals surface area contributed by atoms with Gasteiger partial charge in [0.15, 0.2) is 12.6 Å². The average Bonchev–Trinajstić information content (AvgIpc) is 2.80. The molecule has 2 rings (SSSR count). The van der Waals surface area contributed by atoms with Crippen LogP contribution in [0.4, 0.5) is 0 Å². The standard InChI is InChI=1S/C13H19NO3S/c1-2-5-12-14-10(11(8-15)18-12)9-17-13-6-3-4-7-16-13/h8,13H,2-7,9H2,1H3. The Morgan fingerprint density at radius 1 is 1.56 bits per heavy atom. The largest absolute Gasteiger partial charge is 0.353 e. The van der Waals surface area contributed by atoms with E-state index >= 15 is 0 Å². The molecule has 1 aromatic heterocycles. The van der Waals surface area contributed by atoms with Crippen LogP contribution >= 0.6 is 11.3 Å². The van der Waals surface area contributed by atoms with E-state index in [-0.39, 0.29) is 6.29 Å². The Hall–Kier alpha value is -0.780. The minimum atomic E-state index is -0.130. The molecule has 100 valence electrons. The number of hydrogen-bond donors (Lipinski definition) is 0. The first-order valence-electron chi connectivity index (χ1n) is 6.50. The van der Waals surface area contributed by atoms with Crippen molar-refractivity contribution in [2.75, 3.05) is 6.61 Å². The summed E-state index contributed by atoms with van der Waals surface area (Å²) < 4.78 is 11.2. The first kappa shape index (κ1) is 13.6. The monoisotopic (exact) mass is 269 g/mol. The van der Waals surface area contributed by atoms with Crippen LogP contribution in [0, 0.1) is 0 Å². The molecule has 18 heavy (non-hydrogen) atoms. The van der Waals surface area contributed by atoms with Crippen LogP contribution in [0.15, 0.2) is 0 Å². The number of carbonyl (C=O) groups is 1. The average molecular weight is 269 g/mol. The predicted molar refractivity (Wildman–Crippen MR) is 69.9 cm³/mol. The van der Waals surface area contributed by atoms with E-state index in [1.165, 1.54) is 11.3 Å². The molecule has 0 amide bonds. The molecule has 1 fully saturated rings. The van der Waals surface area contributed by atoms with Gasteiger partial charge in [0.2, 0.25) is 0 Å². The third-order valence-electron chi connectivity index (χ3n) is 2.89. The molecule has 5 heteroatoms. The summed E-state index contributed by atoms with van der Waals surface area (Å²) in [4.78, 5) is 16.1. The summed E-state index contributed by atoms with van der Waals surface area (Å²) >= 11 is 1.47. The van der Waals surface area contributed by atoms with E-state index in [4.69, 9.17) is 9.47 Å². The summed E-state index contributed by atoms with van der Waals surface area (Å²) in [5.41, 5.74) is 0.757. The normalized spacial score (nSPS) is 19.9. The molecule has 0 N–H and O–H groups in total. The van der Waals surface area contributed by atoms with Crippen molar-refractivity contribution in [3.8, 4) is 0 Å². The van der Waals surface area contributed by atoms with Crippen molar-refractivity contribution in [2.45, 2.75) is 51.9 Å². The van der Waals surface area contributed by atoms with Crippen LogP contribution in [-0.4, -0.2) is 24.2 Å². The number of ether oxygens (including phenoxy) is 2. The van der Waals surface area contributed by atoms with Crippen LogP contribution in [0.2, 0.25) is 0 Å². The van der Waals surface area contributed by atoms with E-state index in [9.17, 15) is 4.79 Å². The molecule has 1 aliphatic rings. The second kappa shape index (κ2) is 6.97. The first-order valence-corrected chi connectivity index (χ1v) is 7.32. The summed E-state index contributed by atoms with van der Waals surface area (Å²) in [5, 5.41) is 1.02. The quantitative estimate of drug-likeness (QED) is 0.745. The molecule has 1 aliphatic heterocycles. The lowest BCUT2D eigenvalue weighted by atomic mass is 10.2. The lowest BCUT2D eigenvalue weighted by Crippen LogP contribution is -2.22. The molecular weight excluding hydrogens is 250 g/mol. The Labute approximate surface area is 111 Å². The number of nitrogens with zero attached hydrogens (tertiary/aromatic N) is 1. The molecular formula is C13H19NO3S. The predicted octanol–water partition coefficient (Wildman–Crippen LogP) is 2.95. The molecule has 1 saturated heterocycles. The summed E-state index contributed by atoms with van der Waals surface area (Å²) in [6, 6.07) is 0. The van der Waals surface area contributed by atoms with Crippen LogP contribution in [-0.2, 0) is 22.5 Å². The van der Waals surface area contributed by atoms with Crippen LogP contribution in [0.25, 0.3) is 0 Å². The van der Waals surface area contributed by atoms with Gasteiger partial charge >= 0.3 is 0 Å². The maximum Gasteiger partial charge on any atom is 0.162 e. The number of thiazole rings is 1. The van der Waals surface area contributed by atoms with Gasteiger partial charge in [0.1, 0.15) is 0 Å². The highest BCUT2D eigenvalue weighted by Gasteiger charge is 2.16. The SMILES string of the molecule is CCCc1nc(COC2CCCCO2)c(C=O)s1. The summed E-state index contributed by atoms with van der Waals surface area (Å²) in [6.45, 7) is 3.25. The van der Waals surface area contributed by atoms with E-state index in [2.05, 4.69) is 11.9 Å². The Kier molecular flexibility index (Phi) is 5.28. The van der Waals surface area contributed by atoms with Crippen LogP contribution in [0.5, 0.6) is 0 Å². The van der Waals surface area contributed by atoms with Crippen LogP contribution < -0.4 is 0 Å². The molecule has 0 aromatic carbocycles. The molecule has 0 saturated carbocycles. The lowest BCUT2D eigenvalue weighted by molar-refractivity contribution is -0.169. The number of aldehydes is 1. The van der Waals surface area contributed by atoms with Crippen molar-refractivity contribution in [3.63, 3.8) is 0 Å². The number of rotatable bonds is 6. The van der Waals surface area contributed by atoms with Crippen molar-refractivity contribution in [3.05, 3.63) is 15.6 Å². The zero-order valence-electron chi connectivity index (χ0n) is 10.7. The number of carbonyl (C=O) groups excluding carboxylic acids is 1. The van der Waals surface area contributed by atoms with Gasteiger partial charge in [-0.05, 0) is 32.1 Å². The maximum atomic E-state index is 11.0. The Morgan fingerprint density at radius 3 is 3.11 bits per heavy atom. The minimum Gasteiger partial charge on any atom is -0.353 e. The fourth-order valence-corrected chi connectivity index (χ4v) is 2.93.